The Morgan fingerprint density at radius 3 is 2.12 bits per heavy atom. The number of hydrogen-bond donors (Lipinski definition) is 3. The molecule has 2 aromatic carbocycles. The lowest BCUT2D eigenvalue weighted by atomic mass is 10.1. The molecule has 0 fully saturated rings. The van der Waals surface area contributed by atoms with Crippen molar-refractivity contribution in [3.63, 3.8) is 0 Å². The third kappa shape index (κ3) is 6.87. The zero-order chi connectivity index (χ0) is 24.4. The largest absolute Gasteiger partial charge is 0.489 e. The summed E-state index contributed by atoms with van der Waals surface area (Å²) in [7, 11) is 2.36. The number of aliphatic hydroxyl groups excluding tert-OH is 1. The molecule has 0 aromatic heterocycles. The first kappa shape index (κ1) is 25.0. The molecule has 0 unspecified atom stereocenters. The molecule has 2 rings (SSSR count). The maximum absolute atomic E-state index is 12.7. The first-order chi connectivity index (χ1) is 15.8. The number of rotatable bonds is 10. The van der Waals surface area contributed by atoms with Gasteiger partial charge in [0.05, 0.1) is 43.3 Å². The highest BCUT2D eigenvalue weighted by Gasteiger charge is 2.19. The van der Waals surface area contributed by atoms with Gasteiger partial charge in [0, 0.05) is 6.92 Å². The molecule has 11 heteroatoms. The molecule has 0 radical (unpaired) electrons. The second-order valence-electron chi connectivity index (χ2n) is 6.43. The molecule has 0 aliphatic heterocycles. The van der Waals surface area contributed by atoms with E-state index in [-0.39, 0.29) is 35.7 Å². The van der Waals surface area contributed by atoms with Crippen molar-refractivity contribution in [2.75, 3.05) is 38.2 Å². The summed E-state index contributed by atoms with van der Waals surface area (Å²) >= 11 is 0. The summed E-state index contributed by atoms with van der Waals surface area (Å²) in [6, 6.07) is 10.4. The number of methoxy groups -OCH3 is 2. The zero-order valence-electron chi connectivity index (χ0n) is 18.2. The Hall–Kier alpha value is -4.25. The van der Waals surface area contributed by atoms with Crippen molar-refractivity contribution in [3.05, 3.63) is 53.6 Å². The van der Waals surface area contributed by atoms with Gasteiger partial charge < -0.3 is 24.6 Å². The third-order valence-electron chi connectivity index (χ3n) is 4.10. The average molecular weight is 457 g/mol. The number of nitrogens with one attached hydrogen (secondary N) is 2. The monoisotopic (exact) mass is 457 g/mol. The summed E-state index contributed by atoms with van der Waals surface area (Å²) in [5.74, 6) is -2.60. The van der Waals surface area contributed by atoms with Gasteiger partial charge in [-0.2, -0.15) is 5.10 Å². The second-order valence-corrected chi connectivity index (χ2v) is 6.43. The molecule has 11 nitrogen and oxygen atoms in total. The van der Waals surface area contributed by atoms with E-state index in [9.17, 15) is 19.2 Å². The van der Waals surface area contributed by atoms with E-state index in [1.54, 1.807) is 24.3 Å². The van der Waals surface area contributed by atoms with Crippen LogP contribution in [0.25, 0.3) is 0 Å². The summed E-state index contributed by atoms with van der Waals surface area (Å²) < 4.78 is 14.7. The number of aliphatic hydroxyl groups is 1. The molecule has 0 saturated carbocycles. The summed E-state index contributed by atoms with van der Waals surface area (Å²) in [5, 5.41) is 15.3. The number of ketones is 1. The number of amides is 1. The molecule has 2 aromatic rings. The van der Waals surface area contributed by atoms with Gasteiger partial charge in [0.2, 0.25) is 0 Å². The standard InChI is InChI=1S/C22H23N3O8/c1-13(27)19(20(28)23-17-6-4-5-7-18(17)33-9-8-26)25-24-16-11-14(21(29)31-2)10-15(12-16)22(30)32-3/h4-7,10-12,24,26H,8-9H2,1-3H3,(H,23,28)/b25-19-. The van der Waals surface area contributed by atoms with Crippen LogP contribution in [0, 0.1) is 0 Å². The van der Waals surface area contributed by atoms with E-state index >= 15 is 0 Å². The Morgan fingerprint density at radius 1 is 0.970 bits per heavy atom. The van der Waals surface area contributed by atoms with Gasteiger partial charge in [0.1, 0.15) is 12.4 Å². The minimum absolute atomic E-state index is 0.0150. The number of carbonyl (C=O) groups is 4. The van der Waals surface area contributed by atoms with Crippen molar-refractivity contribution in [1.82, 2.24) is 0 Å². The number of esters is 2. The van der Waals surface area contributed by atoms with Crippen LogP contribution < -0.4 is 15.5 Å². The number of nitrogens with zero attached hydrogens (tertiary/aromatic N) is 1. The van der Waals surface area contributed by atoms with Crippen LogP contribution in [-0.4, -0.2) is 61.9 Å². The molecule has 0 heterocycles. The highest BCUT2D eigenvalue weighted by Crippen LogP contribution is 2.23. The molecule has 33 heavy (non-hydrogen) atoms. The number of hydrogen-bond acceptors (Lipinski definition) is 10. The number of Topliss-reactive ketones (excluding diaryl/α,β-unsaturated/α-hetero) is 1. The van der Waals surface area contributed by atoms with Crippen molar-refractivity contribution < 1.29 is 38.5 Å². The van der Waals surface area contributed by atoms with Crippen LogP contribution in [0.15, 0.2) is 47.6 Å². The van der Waals surface area contributed by atoms with Gasteiger partial charge in [-0.05, 0) is 30.3 Å². The quantitative estimate of drug-likeness (QED) is 0.209. The van der Waals surface area contributed by atoms with Crippen LogP contribution in [-0.2, 0) is 19.1 Å². The normalized spacial score (nSPS) is 10.7. The van der Waals surface area contributed by atoms with E-state index in [1.807, 2.05) is 0 Å². The predicted octanol–water partition coefficient (Wildman–Crippen LogP) is 1.63. The summed E-state index contributed by atoms with van der Waals surface area (Å²) in [6.07, 6.45) is 0. The van der Waals surface area contributed by atoms with Gasteiger partial charge in [-0.15, -0.1) is 0 Å². The lowest BCUT2D eigenvalue weighted by Gasteiger charge is -2.12. The Morgan fingerprint density at radius 2 is 1.58 bits per heavy atom. The van der Waals surface area contributed by atoms with Crippen LogP contribution >= 0.6 is 0 Å². The fourth-order valence-corrected chi connectivity index (χ4v) is 2.61. The van der Waals surface area contributed by atoms with Crippen molar-refractivity contribution in [2.45, 2.75) is 6.92 Å². The minimum atomic E-state index is -0.827. The third-order valence-corrected chi connectivity index (χ3v) is 4.10. The van der Waals surface area contributed by atoms with Gasteiger partial charge in [-0.1, -0.05) is 12.1 Å². The van der Waals surface area contributed by atoms with Crippen LogP contribution in [0.1, 0.15) is 27.6 Å². The van der Waals surface area contributed by atoms with E-state index in [1.165, 1.54) is 32.4 Å². The van der Waals surface area contributed by atoms with Crippen molar-refractivity contribution >= 4 is 40.7 Å². The van der Waals surface area contributed by atoms with Crippen molar-refractivity contribution in [2.24, 2.45) is 5.10 Å². The number of anilines is 2. The molecule has 0 aliphatic carbocycles. The van der Waals surface area contributed by atoms with E-state index in [0.29, 0.717) is 5.75 Å². The Kier molecular flexibility index (Phi) is 9.06. The average Bonchev–Trinajstić information content (AvgIpc) is 2.82. The number of benzene rings is 2. The van der Waals surface area contributed by atoms with Gasteiger partial charge in [0.25, 0.3) is 5.91 Å². The fraction of sp³-hybridized carbons (Fsp3) is 0.227. The van der Waals surface area contributed by atoms with Gasteiger partial charge in [0.15, 0.2) is 11.5 Å². The highest BCUT2D eigenvalue weighted by atomic mass is 16.5. The smallest absolute Gasteiger partial charge is 0.337 e. The summed E-state index contributed by atoms with van der Waals surface area (Å²) in [4.78, 5) is 48.6. The molecule has 0 spiro atoms. The molecule has 174 valence electrons. The van der Waals surface area contributed by atoms with E-state index < -0.39 is 29.3 Å². The molecular weight excluding hydrogens is 434 g/mol. The number of hydrazone groups is 1. The molecule has 0 atom stereocenters. The molecular formula is C22H23N3O8. The second kappa shape index (κ2) is 12.0. The van der Waals surface area contributed by atoms with Crippen LogP contribution in [0.3, 0.4) is 0 Å². The van der Waals surface area contributed by atoms with Crippen LogP contribution in [0.4, 0.5) is 11.4 Å². The van der Waals surface area contributed by atoms with Gasteiger partial charge >= 0.3 is 11.9 Å². The Balaban J connectivity index is 2.32. The predicted molar refractivity (Wildman–Crippen MR) is 119 cm³/mol. The zero-order valence-corrected chi connectivity index (χ0v) is 18.2. The van der Waals surface area contributed by atoms with Gasteiger partial charge in [-0.25, -0.2) is 9.59 Å². The summed E-state index contributed by atoms with van der Waals surface area (Å²) in [6.45, 7) is 0.949. The van der Waals surface area contributed by atoms with E-state index in [4.69, 9.17) is 9.84 Å². The first-order valence-electron chi connectivity index (χ1n) is 9.61. The lowest BCUT2D eigenvalue weighted by Crippen LogP contribution is -2.29. The summed E-state index contributed by atoms with van der Waals surface area (Å²) in [5.41, 5.74) is 2.49. The first-order valence-corrected chi connectivity index (χ1v) is 9.61. The fourth-order valence-electron chi connectivity index (χ4n) is 2.61. The van der Waals surface area contributed by atoms with E-state index in [2.05, 4.69) is 25.3 Å². The van der Waals surface area contributed by atoms with Gasteiger partial charge in [-0.3, -0.25) is 15.0 Å². The Labute approximate surface area is 189 Å². The van der Waals surface area contributed by atoms with Crippen molar-refractivity contribution in [1.29, 1.82) is 0 Å². The molecule has 0 bridgehead atoms. The minimum Gasteiger partial charge on any atom is -0.489 e. The SMILES string of the molecule is COC(=O)c1cc(N/N=C(/C(C)=O)C(=O)Nc2ccccc2OCCO)cc(C(=O)OC)c1. The highest BCUT2D eigenvalue weighted by molar-refractivity contribution is 6.67. The maximum Gasteiger partial charge on any atom is 0.337 e. The van der Waals surface area contributed by atoms with Crippen LogP contribution in [0.5, 0.6) is 5.75 Å². The van der Waals surface area contributed by atoms with E-state index in [0.717, 1.165) is 6.92 Å². The molecule has 3 N–H and O–H groups in total. The molecule has 1 amide bonds. The number of ether oxygens (including phenoxy) is 3. The molecule has 0 aliphatic rings. The van der Waals surface area contributed by atoms with Crippen LogP contribution in [0.2, 0.25) is 0 Å². The number of carbonyl (C=O) groups excluding carboxylic acids is 4. The lowest BCUT2D eigenvalue weighted by molar-refractivity contribution is -0.114. The Bertz CT molecular complexity index is 1050. The number of para-hydroxylation sites is 2. The maximum atomic E-state index is 12.7. The molecule has 0 saturated heterocycles. The topological polar surface area (TPSA) is 153 Å². The van der Waals surface area contributed by atoms with Crippen molar-refractivity contribution in [3.8, 4) is 5.75 Å².